The van der Waals surface area contributed by atoms with Crippen LogP contribution in [0.3, 0.4) is 0 Å². The molecule has 0 aliphatic heterocycles. The molecule has 1 atom stereocenters. The van der Waals surface area contributed by atoms with Gasteiger partial charge < -0.3 is 14.9 Å². The van der Waals surface area contributed by atoms with Crippen LogP contribution in [-0.2, 0) is 9.53 Å². The summed E-state index contributed by atoms with van der Waals surface area (Å²) in [6, 6.07) is 0. The molecule has 2 N–H and O–H groups in total. The average molecular weight is 302 g/mol. The number of carbonyl (C=O) groups excluding carboxylic acids is 1. The largest absolute Gasteiger partial charge is 0.431 e. The Labute approximate surface area is 129 Å². The van der Waals surface area contributed by atoms with E-state index >= 15 is 0 Å². The highest BCUT2D eigenvalue weighted by Crippen LogP contribution is 2.16. The normalized spacial score (nSPS) is 13.9. The number of ether oxygens (including phenoxy) is 1. The van der Waals surface area contributed by atoms with Gasteiger partial charge in [-0.2, -0.15) is 0 Å². The van der Waals surface area contributed by atoms with Gasteiger partial charge in [-0.25, -0.2) is 0 Å². The molecule has 0 saturated heterocycles. The predicted octanol–water partition coefficient (Wildman–Crippen LogP) is 3.93. The van der Waals surface area contributed by atoms with Crippen LogP contribution >= 0.6 is 0 Å². The van der Waals surface area contributed by atoms with Crippen molar-refractivity contribution in [1.82, 2.24) is 0 Å². The third kappa shape index (κ3) is 11.7. The fourth-order valence-corrected chi connectivity index (χ4v) is 2.40. The number of aliphatic hydroxyl groups is 2. The van der Waals surface area contributed by atoms with Crippen LogP contribution in [0.1, 0.15) is 90.9 Å². The Balaban J connectivity index is 3.53. The van der Waals surface area contributed by atoms with Gasteiger partial charge in [0.2, 0.25) is 5.79 Å². The summed E-state index contributed by atoms with van der Waals surface area (Å²) in [5.74, 6) is -2.10. The Morgan fingerprint density at radius 2 is 1.43 bits per heavy atom. The van der Waals surface area contributed by atoms with Gasteiger partial charge in [0, 0.05) is 12.8 Å². The monoisotopic (exact) mass is 302 g/mol. The average Bonchev–Trinajstić information content (AvgIpc) is 2.45. The van der Waals surface area contributed by atoms with E-state index in [1.807, 2.05) is 6.92 Å². The third-order valence-corrected chi connectivity index (χ3v) is 3.68. The molecule has 0 rings (SSSR count). The first kappa shape index (κ1) is 20.4. The van der Waals surface area contributed by atoms with Crippen LogP contribution in [0.15, 0.2) is 0 Å². The van der Waals surface area contributed by atoms with Crippen molar-refractivity contribution in [2.45, 2.75) is 96.7 Å². The molecule has 0 aliphatic rings. The van der Waals surface area contributed by atoms with Crippen LogP contribution in [0.2, 0.25) is 0 Å². The van der Waals surface area contributed by atoms with Crippen LogP contribution in [0.4, 0.5) is 0 Å². The molecule has 0 amide bonds. The molecule has 0 aromatic carbocycles. The van der Waals surface area contributed by atoms with Gasteiger partial charge >= 0.3 is 5.97 Å². The summed E-state index contributed by atoms with van der Waals surface area (Å²) in [4.78, 5) is 11.6. The molecule has 0 aromatic rings. The minimum atomic E-state index is -1.69. The number of unbranched alkanes of at least 4 members (excludes halogenated alkanes) is 8. The van der Waals surface area contributed by atoms with Gasteiger partial charge in [0.25, 0.3) is 0 Å². The first-order valence-corrected chi connectivity index (χ1v) is 8.63. The van der Waals surface area contributed by atoms with Gasteiger partial charge in [0.05, 0.1) is 0 Å². The Bertz CT molecular complexity index is 255. The Morgan fingerprint density at radius 3 is 1.90 bits per heavy atom. The van der Waals surface area contributed by atoms with Crippen LogP contribution in [-0.4, -0.2) is 28.6 Å². The highest BCUT2D eigenvalue weighted by molar-refractivity contribution is 5.69. The van der Waals surface area contributed by atoms with E-state index in [9.17, 15) is 9.90 Å². The molecule has 0 bridgehead atoms. The highest BCUT2D eigenvalue weighted by atomic mass is 16.7. The number of hydrogen-bond acceptors (Lipinski definition) is 4. The smallest absolute Gasteiger partial charge is 0.308 e. The molecular weight excluding hydrogens is 268 g/mol. The summed E-state index contributed by atoms with van der Waals surface area (Å²) in [7, 11) is 0. The third-order valence-electron chi connectivity index (χ3n) is 3.68. The number of esters is 1. The second-order valence-electron chi connectivity index (χ2n) is 5.91. The molecule has 4 heteroatoms. The van der Waals surface area contributed by atoms with Crippen LogP contribution in [0.25, 0.3) is 0 Å². The van der Waals surface area contributed by atoms with Gasteiger partial charge in [0.15, 0.2) is 0 Å². The van der Waals surface area contributed by atoms with Crippen molar-refractivity contribution < 1.29 is 19.7 Å². The van der Waals surface area contributed by atoms with E-state index < -0.39 is 18.4 Å². The molecule has 0 aromatic heterocycles. The van der Waals surface area contributed by atoms with Crippen molar-refractivity contribution in [1.29, 1.82) is 0 Å². The maximum Gasteiger partial charge on any atom is 0.308 e. The van der Waals surface area contributed by atoms with Gasteiger partial charge in [-0.1, -0.05) is 65.2 Å². The first-order valence-electron chi connectivity index (χ1n) is 8.63. The maximum absolute atomic E-state index is 11.6. The molecule has 0 spiro atoms. The van der Waals surface area contributed by atoms with E-state index in [1.54, 1.807) is 0 Å². The molecule has 126 valence electrons. The van der Waals surface area contributed by atoms with Crippen LogP contribution in [0, 0.1) is 0 Å². The maximum atomic E-state index is 11.6. The molecule has 21 heavy (non-hydrogen) atoms. The SMILES string of the molecule is CCCCCCCCCCCC(=O)OC(O)(CO)CCC. The molecule has 0 heterocycles. The summed E-state index contributed by atoms with van der Waals surface area (Å²) in [6.07, 6.45) is 12.0. The Hall–Kier alpha value is -0.610. The molecule has 0 radical (unpaired) electrons. The zero-order valence-corrected chi connectivity index (χ0v) is 13.9. The quantitative estimate of drug-likeness (QED) is 0.290. The lowest BCUT2D eigenvalue weighted by Gasteiger charge is -2.25. The molecule has 1 unspecified atom stereocenters. The fourth-order valence-electron chi connectivity index (χ4n) is 2.40. The van der Waals surface area contributed by atoms with Gasteiger partial charge in [-0.3, -0.25) is 4.79 Å². The second-order valence-corrected chi connectivity index (χ2v) is 5.91. The van der Waals surface area contributed by atoms with Crippen molar-refractivity contribution >= 4 is 5.97 Å². The zero-order chi connectivity index (χ0) is 16.0. The number of hydrogen-bond donors (Lipinski definition) is 2. The van der Waals surface area contributed by atoms with Crippen LogP contribution < -0.4 is 0 Å². The summed E-state index contributed by atoms with van der Waals surface area (Å²) in [5.41, 5.74) is 0. The van der Waals surface area contributed by atoms with E-state index in [-0.39, 0.29) is 6.42 Å². The number of rotatable bonds is 14. The molecule has 0 aliphatic carbocycles. The topological polar surface area (TPSA) is 66.8 Å². The van der Waals surface area contributed by atoms with Gasteiger partial charge in [0.1, 0.15) is 6.61 Å². The Kier molecular flexibility index (Phi) is 12.7. The standard InChI is InChI=1S/C17H34O4/c1-3-5-6-7-8-9-10-11-12-13-16(19)21-17(20,15-18)14-4-2/h18,20H,3-15H2,1-2H3. The molecule has 4 nitrogen and oxygen atoms in total. The van der Waals surface area contributed by atoms with Crippen LogP contribution in [0.5, 0.6) is 0 Å². The molecular formula is C17H34O4. The lowest BCUT2D eigenvalue weighted by atomic mass is 10.1. The summed E-state index contributed by atoms with van der Waals surface area (Å²) in [6.45, 7) is 3.55. The lowest BCUT2D eigenvalue weighted by molar-refractivity contribution is -0.225. The highest BCUT2D eigenvalue weighted by Gasteiger charge is 2.29. The van der Waals surface area contributed by atoms with Crippen molar-refractivity contribution in [3.8, 4) is 0 Å². The predicted molar refractivity (Wildman–Crippen MR) is 84.9 cm³/mol. The molecule has 0 fully saturated rings. The number of aliphatic hydroxyl groups excluding tert-OH is 1. The van der Waals surface area contributed by atoms with Gasteiger partial charge in [-0.05, 0) is 12.8 Å². The minimum Gasteiger partial charge on any atom is -0.431 e. The van der Waals surface area contributed by atoms with Crippen molar-refractivity contribution in [2.75, 3.05) is 6.61 Å². The number of carbonyl (C=O) groups is 1. The van der Waals surface area contributed by atoms with E-state index in [0.29, 0.717) is 12.8 Å². The minimum absolute atomic E-state index is 0.271. The summed E-state index contributed by atoms with van der Waals surface area (Å²) < 4.78 is 4.97. The lowest BCUT2D eigenvalue weighted by Crippen LogP contribution is -2.38. The van der Waals surface area contributed by atoms with E-state index in [1.165, 1.54) is 38.5 Å². The van der Waals surface area contributed by atoms with Gasteiger partial charge in [-0.15, -0.1) is 0 Å². The summed E-state index contributed by atoms with van der Waals surface area (Å²) >= 11 is 0. The van der Waals surface area contributed by atoms with Crippen molar-refractivity contribution in [3.63, 3.8) is 0 Å². The van der Waals surface area contributed by atoms with Crippen molar-refractivity contribution in [2.24, 2.45) is 0 Å². The zero-order valence-electron chi connectivity index (χ0n) is 13.9. The fraction of sp³-hybridized carbons (Fsp3) is 0.941. The summed E-state index contributed by atoms with van der Waals surface area (Å²) in [5, 5.41) is 18.9. The molecule has 0 saturated carbocycles. The van der Waals surface area contributed by atoms with E-state index in [4.69, 9.17) is 9.84 Å². The van der Waals surface area contributed by atoms with E-state index in [2.05, 4.69) is 6.92 Å². The van der Waals surface area contributed by atoms with Crippen molar-refractivity contribution in [3.05, 3.63) is 0 Å². The second kappa shape index (κ2) is 13.1. The Morgan fingerprint density at radius 1 is 0.905 bits per heavy atom. The van der Waals surface area contributed by atoms with E-state index in [0.717, 1.165) is 19.3 Å². The first-order chi connectivity index (χ1) is 10.1.